The summed E-state index contributed by atoms with van der Waals surface area (Å²) in [4.78, 5) is 4.07. The standard InChI is InChI=1S/C14H13N3O2S/c15-10-13-3-1-5-14(9-13)20(18,19)17-8-6-12-4-2-7-16-11-12/h1-5,7,9,11,17H,6,8H2. The van der Waals surface area contributed by atoms with Crippen LogP contribution in [0.2, 0.25) is 0 Å². The van der Waals surface area contributed by atoms with Crippen LogP contribution in [-0.4, -0.2) is 19.9 Å². The van der Waals surface area contributed by atoms with Gasteiger partial charge in [-0.2, -0.15) is 5.26 Å². The summed E-state index contributed by atoms with van der Waals surface area (Å²) >= 11 is 0. The van der Waals surface area contributed by atoms with Crippen molar-refractivity contribution >= 4 is 10.0 Å². The molecule has 0 aliphatic carbocycles. The predicted molar refractivity (Wildman–Crippen MR) is 74.3 cm³/mol. The molecule has 6 heteroatoms. The van der Waals surface area contributed by atoms with Gasteiger partial charge in [-0.05, 0) is 36.2 Å². The lowest BCUT2D eigenvalue weighted by Crippen LogP contribution is -2.26. The Kier molecular flexibility index (Phi) is 4.45. The summed E-state index contributed by atoms with van der Waals surface area (Å²) in [6.45, 7) is 0.283. The average Bonchev–Trinajstić information content (AvgIpc) is 2.48. The molecule has 2 aromatic rings. The fourth-order valence-corrected chi connectivity index (χ4v) is 2.77. The average molecular weight is 287 g/mol. The van der Waals surface area contributed by atoms with Crippen molar-refractivity contribution in [1.82, 2.24) is 9.71 Å². The van der Waals surface area contributed by atoms with Crippen LogP contribution in [0.4, 0.5) is 0 Å². The van der Waals surface area contributed by atoms with E-state index in [1.807, 2.05) is 12.1 Å². The zero-order valence-corrected chi connectivity index (χ0v) is 11.5. The van der Waals surface area contributed by atoms with Crippen LogP contribution in [0.25, 0.3) is 0 Å². The number of sulfonamides is 1. The Morgan fingerprint density at radius 3 is 2.80 bits per heavy atom. The summed E-state index contributed by atoms with van der Waals surface area (Å²) in [5.74, 6) is 0. The first kappa shape index (κ1) is 14.2. The molecule has 0 fully saturated rings. The van der Waals surface area contributed by atoms with Crippen LogP contribution in [0.5, 0.6) is 0 Å². The SMILES string of the molecule is N#Cc1cccc(S(=O)(=O)NCCc2cccnc2)c1. The van der Waals surface area contributed by atoms with Gasteiger partial charge < -0.3 is 0 Å². The van der Waals surface area contributed by atoms with E-state index in [0.717, 1.165) is 5.56 Å². The van der Waals surface area contributed by atoms with Gasteiger partial charge in [0.15, 0.2) is 0 Å². The number of nitrogens with one attached hydrogen (secondary N) is 1. The molecule has 0 unspecified atom stereocenters. The minimum Gasteiger partial charge on any atom is -0.264 e. The van der Waals surface area contributed by atoms with E-state index in [4.69, 9.17) is 5.26 Å². The van der Waals surface area contributed by atoms with E-state index in [1.54, 1.807) is 30.6 Å². The summed E-state index contributed by atoms with van der Waals surface area (Å²) in [6, 6.07) is 11.5. The Morgan fingerprint density at radius 2 is 2.10 bits per heavy atom. The van der Waals surface area contributed by atoms with Crippen LogP contribution < -0.4 is 4.72 Å². The first-order valence-corrected chi connectivity index (χ1v) is 7.49. The molecule has 0 saturated heterocycles. The lowest BCUT2D eigenvalue weighted by Gasteiger charge is -2.06. The largest absolute Gasteiger partial charge is 0.264 e. The fraction of sp³-hybridized carbons (Fsp3) is 0.143. The van der Waals surface area contributed by atoms with Gasteiger partial charge in [0.1, 0.15) is 0 Å². The monoisotopic (exact) mass is 287 g/mol. The van der Waals surface area contributed by atoms with E-state index >= 15 is 0 Å². The maximum Gasteiger partial charge on any atom is 0.240 e. The highest BCUT2D eigenvalue weighted by molar-refractivity contribution is 7.89. The highest BCUT2D eigenvalue weighted by atomic mass is 32.2. The predicted octanol–water partition coefficient (Wildman–Crippen LogP) is 1.47. The fourth-order valence-electron chi connectivity index (χ4n) is 1.69. The van der Waals surface area contributed by atoms with Gasteiger partial charge >= 0.3 is 0 Å². The highest BCUT2D eigenvalue weighted by Crippen LogP contribution is 2.10. The van der Waals surface area contributed by atoms with Gasteiger partial charge in [0.25, 0.3) is 0 Å². The summed E-state index contributed by atoms with van der Waals surface area (Å²) < 4.78 is 26.6. The molecular formula is C14H13N3O2S. The van der Waals surface area contributed by atoms with Crippen molar-refractivity contribution in [3.05, 3.63) is 59.9 Å². The van der Waals surface area contributed by atoms with E-state index in [9.17, 15) is 8.42 Å². The van der Waals surface area contributed by atoms with Crippen molar-refractivity contribution in [3.8, 4) is 6.07 Å². The van der Waals surface area contributed by atoms with Gasteiger partial charge in [0.05, 0.1) is 16.5 Å². The molecule has 1 aromatic heterocycles. The molecule has 0 saturated carbocycles. The second-order valence-corrected chi connectivity index (χ2v) is 5.92. The van der Waals surface area contributed by atoms with Crippen LogP contribution >= 0.6 is 0 Å². The number of pyridine rings is 1. The number of nitriles is 1. The lowest BCUT2D eigenvalue weighted by atomic mass is 10.2. The van der Waals surface area contributed by atoms with Gasteiger partial charge in [-0.3, -0.25) is 4.98 Å². The summed E-state index contributed by atoms with van der Waals surface area (Å²) in [6.07, 6.45) is 3.93. The third kappa shape index (κ3) is 3.63. The molecule has 20 heavy (non-hydrogen) atoms. The molecule has 102 valence electrons. The summed E-state index contributed by atoms with van der Waals surface area (Å²) in [5, 5.41) is 8.78. The van der Waals surface area contributed by atoms with Gasteiger partial charge in [0.2, 0.25) is 10.0 Å². The van der Waals surface area contributed by atoms with E-state index < -0.39 is 10.0 Å². The van der Waals surface area contributed by atoms with Gasteiger partial charge in [-0.1, -0.05) is 12.1 Å². The van der Waals surface area contributed by atoms with E-state index in [1.165, 1.54) is 12.1 Å². The minimum atomic E-state index is -3.58. The number of aromatic nitrogens is 1. The van der Waals surface area contributed by atoms with E-state index in [2.05, 4.69) is 9.71 Å². The normalized spacial score (nSPS) is 10.9. The molecule has 1 aromatic carbocycles. The van der Waals surface area contributed by atoms with Crippen molar-refractivity contribution in [3.63, 3.8) is 0 Å². The number of hydrogen-bond donors (Lipinski definition) is 1. The molecule has 2 rings (SSSR count). The van der Waals surface area contributed by atoms with Crippen LogP contribution in [0.1, 0.15) is 11.1 Å². The Balaban J connectivity index is 2.02. The third-order valence-corrected chi connectivity index (χ3v) is 4.16. The van der Waals surface area contributed by atoms with E-state index in [-0.39, 0.29) is 11.4 Å². The molecule has 5 nitrogen and oxygen atoms in total. The van der Waals surface area contributed by atoms with Crippen molar-refractivity contribution in [2.24, 2.45) is 0 Å². The second kappa shape index (κ2) is 6.28. The Labute approximate surface area is 118 Å². The van der Waals surface area contributed by atoms with Crippen LogP contribution in [0.3, 0.4) is 0 Å². The highest BCUT2D eigenvalue weighted by Gasteiger charge is 2.13. The molecule has 0 spiro atoms. The summed E-state index contributed by atoms with van der Waals surface area (Å²) in [5.41, 5.74) is 1.28. The van der Waals surface area contributed by atoms with Gasteiger partial charge in [-0.15, -0.1) is 0 Å². The Morgan fingerprint density at radius 1 is 1.25 bits per heavy atom. The molecular weight excluding hydrogens is 274 g/mol. The molecule has 0 aliphatic rings. The van der Waals surface area contributed by atoms with Crippen LogP contribution in [0.15, 0.2) is 53.7 Å². The molecule has 0 bridgehead atoms. The van der Waals surface area contributed by atoms with Gasteiger partial charge in [0, 0.05) is 18.9 Å². The Hall–Kier alpha value is -2.23. The second-order valence-electron chi connectivity index (χ2n) is 4.15. The number of hydrogen-bond acceptors (Lipinski definition) is 4. The molecule has 1 heterocycles. The molecule has 1 N–H and O–H groups in total. The quantitative estimate of drug-likeness (QED) is 0.902. The molecule has 0 atom stereocenters. The third-order valence-electron chi connectivity index (χ3n) is 2.70. The van der Waals surface area contributed by atoms with Crippen LogP contribution in [0, 0.1) is 11.3 Å². The zero-order chi connectivity index (χ0) is 14.4. The molecule has 0 amide bonds. The smallest absolute Gasteiger partial charge is 0.240 e. The first-order valence-electron chi connectivity index (χ1n) is 6.00. The van der Waals surface area contributed by atoms with E-state index in [0.29, 0.717) is 12.0 Å². The van der Waals surface area contributed by atoms with Crippen molar-refractivity contribution < 1.29 is 8.42 Å². The minimum absolute atomic E-state index is 0.0998. The zero-order valence-electron chi connectivity index (χ0n) is 10.7. The van der Waals surface area contributed by atoms with Crippen molar-refractivity contribution in [1.29, 1.82) is 5.26 Å². The molecule has 0 aliphatic heterocycles. The number of benzene rings is 1. The van der Waals surface area contributed by atoms with Crippen molar-refractivity contribution in [2.45, 2.75) is 11.3 Å². The lowest BCUT2D eigenvalue weighted by molar-refractivity contribution is 0.581. The topological polar surface area (TPSA) is 82.8 Å². The van der Waals surface area contributed by atoms with Crippen LogP contribution in [-0.2, 0) is 16.4 Å². The maximum absolute atomic E-state index is 12.1. The molecule has 0 radical (unpaired) electrons. The first-order chi connectivity index (χ1) is 9.62. The summed E-state index contributed by atoms with van der Waals surface area (Å²) in [7, 11) is -3.58. The maximum atomic E-state index is 12.1. The van der Waals surface area contributed by atoms with Gasteiger partial charge in [-0.25, -0.2) is 13.1 Å². The Bertz CT molecular complexity index is 722. The number of rotatable bonds is 5. The van der Waals surface area contributed by atoms with Crippen molar-refractivity contribution in [2.75, 3.05) is 6.54 Å². The number of nitrogens with zero attached hydrogens (tertiary/aromatic N) is 2.